The number of thioether (sulfide) groups is 1. The average molecular weight is 437 g/mol. The molecule has 0 fully saturated rings. The first-order valence-corrected chi connectivity index (χ1v) is 11.4. The number of hydrogen-bond acceptors (Lipinski definition) is 4. The zero-order valence-electron chi connectivity index (χ0n) is 16.7. The SMILES string of the molecule is CC(C)Sc1ccc(C(=O)N(Cc2ccccc2)c2nc3c(F)cccc3s2)cc1. The number of amides is 1. The quantitative estimate of drug-likeness (QED) is 0.312. The molecule has 3 aromatic carbocycles. The highest BCUT2D eigenvalue weighted by molar-refractivity contribution is 7.99. The Balaban J connectivity index is 1.70. The van der Waals surface area contributed by atoms with Gasteiger partial charge in [0.25, 0.3) is 5.91 Å². The molecule has 0 unspecified atom stereocenters. The van der Waals surface area contributed by atoms with Gasteiger partial charge in [-0.05, 0) is 42.0 Å². The number of carbonyl (C=O) groups excluding carboxylic acids is 1. The number of benzene rings is 3. The van der Waals surface area contributed by atoms with E-state index in [2.05, 4.69) is 18.8 Å². The fourth-order valence-corrected chi connectivity index (χ4v) is 4.93. The van der Waals surface area contributed by atoms with Crippen molar-refractivity contribution in [2.24, 2.45) is 0 Å². The zero-order chi connectivity index (χ0) is 21.1. The predicted molar refractivity (Wildman–Crippen MR) is 124 cm³/mol. The first-order valence-electron chi connectivity index (χ1n) is 9.69. The van der Waals surface area contributed by atoms with Gasteiger partial charge in [0.05, 0.1) is 11.2 Å². The van der Waals surface area contributed by atoms with Crippen LogP contribution in [-0.2, 0) is 6.54 Å². The Morgan fingerprint density at radius 1 is 1.03 bits per heavy atom. The fourth-order valence-electron chi connectivity index (χ4n) is 3.12. The van der Waals surface area contributed by atoms with Gasteiger partial charge in [-0.15, -0.1) is 11.8 Å². The first-order chi connectivity index (χ1) is 14.5. The van der Waals surface area contributed by atoms with Gasteiger partial charge in [0.15, 0.2) is 5.13 Å². The van der Waals surface area contributed by atoms with E-state index in [1.807, 2.05) is 60.7 Å². The largest absolute Gasteiger partial charge is 0.279 e. The average Bonchev–Trinajstić information content (AvgIpc) is 3.18. The van der Waals surface area contributed by atoms with E-state index in [0.717, 1.165) is 15.2 Å². The molecule has 0 N–H and O–H groups in total. The van der Waals surface area contributed by atoms with E-state index >= 15 is 0 Å². The van der Waals surface area contributed by atoms with Gasteiger partial charge in [-0.3, -0.25) is 9.69 Å². The topological polar surface area (TPSA) is 33.2 Å². The Morgan fingerprint density at radius 2 is 1.77 bits per heavy atom. The van der Waals surface area contributed by atoms with Crippen LogP contribution in [0, 0.1) is 5.82 Å². The molecule has 6 heteroatoms. The smallest absolute Gasteiger partial charge is 0.260 e. The molecule has 0 bridgehead atoms. The van der Waals surface area contributed by atoms with Gasteiger partial charge in [0.1, 0.15) is 11.3 Å². The summed E-state index contributed by atoms with van der Waals surface area (Å²) < 4.78 is 14.9. The standard InChI is InChI=1S/C24H21FN2OS2/c1-16(2)29-19-13-11-18(12-14-19)23(28)27(15-17-7-4-3-5-8-17)24-26-22-20(25)9-6-10-21(22)30-24/h3-14,16H,15H2,1-2H3. The third-order valence-electron chi connectivity index (χ3n) is 4.49. The molecule has 1 amide bonds. The second kappa shape index (κ2) is 8.98. The molecule has 4 rings (SSSR count). The van der Waals surface area contributed by atoms with Gasteiger partial charge < -0.3 is 0 Å². The molecule has 1 aromatic heterocycles. The second-order valence-corrected chi connectivity index (χ2v) is 9.81. The molecule has 4 aromatic rings. The Labute approximate surface area is 183 Å². The van der Waals surface area contributed by atoms with Crippen LogP contribution < -0.4 is 4.90 Å². The number of hydrogen-bond donors (Lipinski definition) is 0. The monoisotopic (exact) mass is 436 g/mol. The molecule has 0 saturated heterocycles. The van der Waals surface area contributed by atoms with Crippen molar-refractivity contribution in [2.45, 2.75) is 30.5 Å². The highest BCUT2D eigenvalue weighted by Crippen LogP contribution is 2.32. The molecule has 0 radical (unpaired) electrons. The van der Waals surface area contributed by atoms with Gasteiger partial charge in [-0.2, -0.15) is 0 Å². The maximum Gasteiger partial charge on any atom is 0.260 e. The normalized spacial score (nSPS) is 11.2. The molecule has 0 aliphatic carbocycles. The van der Waals surface area contributed by atoms with Crippen LogP contribution in [-0.4, -0.2) is 16.1 Å². The molecule has 3 nitrogen and oxygen atoms in total. The lowest BCUT2D eigenvalue weighted by Crippen LogP contribution is -2.30. The van der Waals surface area contributed by atoms with Crippen LogP contribution in [0.1, 0.15) is 29.8 Å². The summed E-state index contributed by atoms with van der Waals surface area (Å²) in [5, 5.41) is 0.961. The van der Waals surface area contributed by atoms with E-state index in [1.54, 1.807) is 22.7 Å². The molecular weight excluding hydrogens is 415 g/mol. The van der Waals surface area contributed by atoms with Gasteiger partial charge in [0, 0.05) is 15.7 Å². The van der Waals surface area contributed by atoms with Crippen molar-refractivity contribution in [1.82, 2.24) is 4.98 Å². The number of aromatic nitrogens is 1. The van der Waals surface area contributed by atoms with Crippen LogP contribution in [0.15, 0.2) is 77.7 Å². The van der Waals surface area contributed by atoms with Crippen molar-refractivity contribution in [3.05, 3.63) is 89.7 Å². The minimum absolute atomic E-state index is 0.153. The summed E-state index contributed by atoms with van der Waals surface area (Å²) in [4.78, 5) is 20.6. The van der Waals surface area contributed by atoms with Crippen molar-refractivity contribution in [2.75, 3.05) is 4.90 Å². The van der Waals surface area contributed by atoms with Crippen LogP contribution in [0.3, 0.4) is 0 Å². The summed E-state index contributed by atoms with van der Waals surface area (Å²) in [7, 11) is 0. The molecule has 0 spiro atoms. The maximum atomic E-state index is 14.2. The minimum atomic E-state index is -0.378. The maximum absolute atomic E-state index is 14.2. The van der Waals surface area contributed by atoms with Crippen LogP contribution in [0.2, 0.25) is 0 Å². The summed E-state index contributed by atoms with van der Waals surface area (Å²) in [5.41, 5.74) is 1.86. The van der Waals surface area contributed by atoms with Crippen LogP contribution >= 0.6 is 23.1 Å². The molecule has 30 heavy (non-hydrogen) atoms. The number of rotatable bonds is 6. The molecule has 152 valence electrons. The van der Waals surface area contributed by atoms with E-state index in [1.165, 1.54) is 17.4 Å². The first kappa shape index (κ1) is 20.6. The minimum Gasteiger partial charge on any atom is -0.279 e. The Kier molecular flexibility index (Phi) is 6.16. The van der Waals surface area contributed by atoms with Crippen LogP contribution in [0.25, 0.3) is 10.2 Å². The molecule has 1 heterocycles. The Morgan fingerprint density at radius 3 is 2.43 bits per heavy atom. The van der Waals surface area contributed by atoms with E-state index in [4.69, 9.17) is 0 Å². The van der Waals surface area contributed by atoms with Crippen molar-refractivity contribution >= 4 is 44.4 Å². The number of carbonyl (C=O) groups is 1. The lowest BCUT2D eigenvalue weighted by molar-refractivity contribution is 0.0985. The lowest BCUT2D eigenvalue weighted by atomic mass is 10.1. The summed E-state index contributed by atoms with van der Waals surface area (Å²) in [6.07, 6.45) is 0. The third-order valence-corrected chi connectivity index (χ3v) is 6.55. The van der Waals surface area contributed by atoms with Gasteiger partial charge in [-0.25, -0.2) is 9.37 Å². The second-order valence-electron chi connectivity index (χ2n) is 7.15. The molecule has 0 atom stereocenters. The number of anilines is 1. The predicted octanol–water partition coefficient (Wildman–Crippen LogP) is 6.78. The third kappa shape index (κ3) is 4.55. The number of para-hydroxylation sites is 1. The van der Waals surface area contributed by atoms with E-state index in [-0.39, 0.29) is 11.7 Å². The number of halogens is 1. The summed E-state index contributed by atoms with van der Waals surface area (Å²) in [5.74, 6) is -0.531. The summed E-state index contributed by atoms with van der Waals surface area (Å²) in [6, 6.07) is 22.3. The Hall–Kier alpha value is -2.70. The van der Waals surface area contributed by atoms with Crippen molar-refractivity contribution < 1.29 is 9.18 Å². The van der Waals surface area contributed by atoms with Gasteiger partial charge in [-0.1, -0.05) is 61.6 Å². The number of fused-ring (bicyclic) bond motifs is 1. The van der Waals surface area contributed by atoms with Crippen molar-refractivity contribution in [3.63, 3.8) is 0 Å². The Bertz CT molecular complexity index is 1160. The zero-order valence-corrected chi connectivity index (χ0v) is 18.3. The van der Waals surface area contributed by atoms with Crippen LogP contribution in [0.5, 0.6) is 0 Å². The van der Waals surface area contributed by atoms with Crippen molar-refractivity contribution in [3.8, 4) is 0 Å². The van der Waals surface area contributed by atoms with Gasteiger partial charge >= 0.3 is 0 Å². The molecule has 0 aliphatic rings. The van der Waals surface area contributed by atoms with Crippen molar-refractivity contribution in [1.29, 1.82) is 0 Å². The van der Waals surface area contributed by atoms with Gasteiger partial charge in [0.2, 0.25) is 0 Å². The summed E-state index contributed by atoms with van der Waals surface area (Å²) >= 11 is 3.08. The highest BCUT2D eigenvalue weighted by Gasteiger charge is 2.22. The van der Waals surface area contributed by atoms with Crippen LogP contribution in [0.4, 0.5) is 9.52 Å². The fraction of sp³-hybridized carbons (Fsp3) is 0.167. The van der Waals surface area contributed by atoms with E-state index in [0.29, 0.717) is 28.0 Å². The molecule has 0 aliphatic heterocycles. The molecular formula is C24H21FN2OS2. The highest BCUT2D eigenvalue weighted by atomic mass is 32.2. The van der Waals surface area contributed by atoms with E-state index < -0.39 is 0 Å². The number of thiazole rings is 1. The lowest BCUT2D eigenvalue weighted by Gasteiger charge is -2.20. The van der Waals surface area contributed by atoms with E-state index in [9.17, 15) is 9.18 Å². The molecule has 0 saturated carbocycles. The number of nitrogens with zero attached hydrogens (tertiary/aromatic N) is 2. The summed E-state index contributed by atoms with van der Waals surface area (Å²) in [6.45, 7) is 4.64.